The van der Waals surface area contributed by atoms with Gasteiger partial charge in [0, 0.05) is 18.7 Å². The van der Waals surface area contributed by atoms with Crippen LogP contribution in [-0.2, 0) is 11.3 Å². The summed E-state index contributed by atoms with van der Waals surface area (Å²) in [6, 6.07) is 4.56. The molecule has 0 aliphatic heterocycles. The molecule has 1 aromatic carbocycles. The van der Waals surface area contributed by atoms with Crippen LogP contribution < -0.4 is 10.5 Å². The summed E-state index contributed by atoms with van der Waals surface area (Å²) < 4.78 is 12.2. The lowest BCUT2D eigenvalue weighted by atomic mass is 10.2. The van der Waals surface area contributed by atoms with Gasteiger partial charge in [0.15, 0.2) is 0 Å². The van der Waals surface area contributed by atoms with Crippen molar-refractivity contribution >= 4 is 16.6 Å². The zero-order valence-electron chi connectivity index (χ0n) is 11.1. The molecule has 2 aromatic rings. The topological polar surface area (TPSA) is 105 Å². The zero-order chi connectivity index (χ0) is 14.5. The lowest BCUT2D eigenvalue weighted by Gasteiger charge is -2.04. The van der Waals surface area contributed by atoms with Crippen LogP contribution in [0.1, 0.15) is 0 Å². The number of hydrogen-bond acceptors (Lipinski definition) is 6. The van der Waals surface area contributed by atoms with Gasteiger partial charge in [0.1, 0.15) is 0 Å². The van der Waals surface area contributed by atoms with Crippen molar-refractivity contribution in [3.8, 4) is 5.88 Å². The third kappa shape index (κ3) is 2.86. The minimum atomic E-state index is -0.444. The van der Waals surface area contributed by atoms with Crippen LogP contribution in [0.3, 0.4) is 0 Å². The molecule has 0 saturated heterocycles. The minimum absolute atomic E-state index is 0.00901. The summed E-state index contributed by atoms with van der Waals surface area (Å²) in [5.41, 5.74) is 6.11. The van der Waals surface area contributed by atoms with E-state index in [0.717, 1.165) is 5.52 Å². The third-order valence-electron chi connectivity index (χ3n) is 2.81. The van der Waals surface area contributed by atoms with Crippen molar-refractivity contribution in [3.05, 3.63) is 28.3 Å². The Balaban J connectivity index is 2.29. The first-order valence-electron chi connectivity index (χ1n) is 6.14. The first-order chi connectivity index (χ1) is 9.67. The predicted molar refractivity (Wildman–Crippen MR) is 72.8 cm³/mol. The fraction of sp³-hybridized carbons (Fsp3) is 0.417. The van der Waals surface area contributed by atoms with Gasteiger partial charge in [-0.05, 0) is 6.07 Å². The number of non-ortho nitro benzene ring substituents is 1. The first-order valence-corrected chi connectivity index (χ1v) is 6.14. The Kier molecular flexibility index (Phi) is 4.49. The maximum atomic E-state index is 10.8. The van der Waals surface area contributed by atoms with Gasteiger partial charge in [-0.15, -0.1) is 5.10 Å². The molecule has 0 atom stereocenters. The average molecular weight is 280 g/mol. The summed E-state index contributed by atoms with van der Waals surface area (Å²) in [4.78, 5) is 10.4. The number of methoxy groups -OCH3 is 1. The summed E-state index contributed by atoms with van der Waals surface area (Å²) in [6.07, 6.45) is 0. The molecule has 2 N–H and O–H groups in total. The quantitative estimate of drug-likeness (QED) is 0.459. The Labute approximate surface area is 115 Å². The van der Waals surface area contributed by atoms with E-state index < -0.39 is 4.92 Å². The zero-order valence-corrected chi connectivity index (χ0v) is 11.1. The number of rotatable bonds is 7. The Morgan fingerprint density at radius 2 is 2.25 bits per heavy atom. The van der Waals surface area contributed by atoms with Crippen molar-refractivity contribution in [2.45, 2.75) is 6.54 Å². The summed E-state index contributed by atoms with van der Waals surface area (Å²) in [6.45, 7) is 1.95. The van der Waals surface area contributed by atoms with Gasteiger partial charge < -0.3 is 15.2 Å². The fourth-order valence-electron chi connectivity index (χ4n) is 1.91. The van der Waals surface area contributed by atoms with Crippen LogP contribution in [0.4, 0.5) is 5.69 Å². The molecular weight excluding hydrogens is 264 g/mol. The van der Waals surface area contributed by atoms with Crippen LogP contribution in [0.25, 0.3) is 10.9 Å². The molecule has 0 bridgehead atoms. The second-order valence-electron chi connectivity index (χ2n) is 4.09. The maximum Gasteiger partial charge on any atom is 0.270 e. The smallest absolute Gasteiger partial charge is 0.270 e. The average Bonchev–Trinajstić information content (AvgIpc) is 2.81. The Hall–Kier alpha value is -2.19. The summed E-state index contributed by atoms with van der Waals surface area (Å²) in [5, 5.41) is 15.7. The number of fused-ring (bicyclic) bond motifs is 1. The summed E-state index contributed by atoms with van der Waals surface area (Å²) in [5.74, 6) is 0.363. The highest BCUT2D eigenvalue weighted by Gasteiger charge is 2.15. The standard InChI is InChI=1S/C12H16N4O4/c1-19-12-10-8-9(16(17)18)2-3-11(10)15(14-12)5-7-20-6-4-13/h2-3,8H,4-7,13H2,1H3. The molecule has 0 saturated carbocycles. The normalized spacial score (nSPS) is 10.9. The van der Waals surface area contributed by atoms with E-state index in [2.05, 4.69) is 5.10 Å². The molecule has 108 valence electrons. The van der Waals surface area contributed by atoms with Crippen LogP contribution in [0.5, 0.6) is 5.88 Å². The molecule has 0 amide bonds. The van der Waals surface area contributed by atoms with Crippen LogP contribution >= 0.6 is 0 Å². The number of nitro groups is 1. The second kappa shape index (κ2) is 6.31. The molecule has 0 fully saturated rings. The van der Waals surface area contributed by atoms with E-state index in [1.807, 2.05) is 0 Å². The van der Waals surface area contributed by atoms with E-state index >= 15 is 0 Å². The van der Waals surface area contributed by atoms with Gasteiger partial charge in [0.05, 0.1) is 42.7 Å². The van der Waals surface area contributed by atoms with Crippen molar-refractivity contribution in [2.24, 2.45) is 5.73 Å². The Morgan fingerprint density at radius 3 is 2.90 bits per heavy atom. The van der Waals surface area contributed by atoms with E-state index in [9.17, 15) is 10.1 Å². The van der Waals surface area contributed by atoms with Crippen LogP contribution in [0, 0.1) is 10.1 Å². The predicted octanol–water partition coefficient (Wildman–Crippen LogP) is 0.928. The van der Waals surface area contributed by atoms with Crippen LogP contribution in [-0.4, -0.2) is 41.6 Å². The highest BCUT2D eigenvalue weighted by atomic mass is 16.6. The minimum Gasteiger partial charge on any atom is -0.479 e. The second-order valence-corrected chi connectivity index (χ2v) is 4.09. The fourth-order valence-corrected chi connectivity index (χ4v) is 1.91. The summed E-state index contributed by atoms with van der Waals surface area (Å²) >= 11 is 0. The largest absolute Gasteiger partial charge is 0.479 e. The van der Waals surface area contributed by atoms with Gasteiger partial charge in [-0.1, -0.05) is 0 Å². The summed E-state index contributed by atoms with van der Waals surface area (Å²) in [7, 11) is 1.48. The molecular formula is C12H16N4O4. The van der Waals surface area contributed by atoms with E-state index in [1.54, 1.807) is 10.7 Å². The van der Waals surface area contributed by atoms with Crippen molar-refractivity contribution in [1.29, 1.82) is 0 Å². The molecule has 20 heavy (non-hydrogen) atoms. The highest BCUT2D eigenvalue weighted by Crippen LogP contribution is 2.28. The van der Waals surface area contributed by atoms with Crippen molar-refractivity contribution in [1.82, 2.24) is 9.78 Å². The van der Waals surface area contributed by atoms with Gasteiger partial charge in [0.25, 0.3) is 5.69 Å². The van der Waals surface area contributed by atoms with Crippen molar-refractivity contribution in [3.63, 3.8) is 0 Å². The number of ether oxygens (including phenoxy) is 2. The monoisotopic (exact) mass is 280 g/mol. The Morgan fingerprint density at radius 1 is 1.45 bits per heavy atom. The van der Waals surface area contributed by atoms with Gasteiger partial charge in [-0.3, -0.25) is 14.8 Å². The molecule has 0 unspecified atom stereocenters. The maximum absolute atomic E-state index is 10.8. The highest BCUT2D eigenvalue weighted by molar-refractivity contribution is 5.86. The molecule has 0 radical (unpaired) electrons. The van der Waals surface area contributed by atoms with Crippen molar-refractivity contribution < 1.29 is 14.4 Å². The molecule has 0 spiro atoms. The molecule has 1 heterocycles. The molecule has 2 rings (SSSR count). The Bertz CT molecular complexity index is 611. The van der Waals surface area contributed by atoms with Gasteiger partial charge in [-0.25, -0.2) is 0 Å². The molecule has 1 aromatic heterocycles. The number of aromatic nitrogens is 2. The van der Waals surface area contributed by atoms with Crippen LogP contribution in [0.15, 0.2) is 18.2 Å². The molecule has 8 heteroatoms. The lowest BCUT2D eigenvalue weighted by Crippen LogP contribution is -2.13. The van der Waals surface area contributed by atoms with E-state index in [-0.39, 0.29) is 5.69 Å². The van der Waals surface area contributed by atoms with E-state index in [1.165, 1.54) is 19.2 Å². The molecule has 0 aliphatic carbocycles. The third-order valence-corrected chi connectivity index (χ3v) is 2.81. The number of nitrogens with zero attached hydrogens (tertiary/aromatic N) is 3. The van der Waals surface area contributed by atoms with E-state index in [0.29, 0.717) is 37.6 Å². The number of nitrogens with two attached hydrogens (primary N) is 1. The SMILES string of the molecule is COc1nn(CCOCCN)c2ccc([N+](=O)[O-])cc12. The first kappa shape index (κ1) is 14.2. The van der Waals surface area contributed by atoms with Crippen LogP contribution in [0.2, 0.25) is 0 Å². The van der Waals surface area contributed by atoms with Gasteiger partial charge in [-0.2, -0.15) is 0 Å². The number of hydrogen-bond donors (Lipinski definition) is 1. The number of benzene rings is 1. The van der Waals surface area contributed by atoms with E-state index in [4.69, 9.17) is 15.2 Å². The van der Waals surface area contributed by atoms with Gasteiger partial charge in [0.2, 0.25) is 5.88 Å². The van der Waals surface area contributed by atoms with Crippen molar-refractivity contribution in [2.75, 3.05) is 26.9 Å². The van der Waals surface area contributed by atoms with Gasteiger partial charge >= 0.3 is 0 Å². The lowest BCUT2D eigenvalue weighted by molar-refractivity contribution is -0.384. The molecule has 8 nitrogen and oxygen atoms in total. The number of nitro benzene ring substituents is 1. The molecule has 0 aliphatic rings.